The Morgan fingerprint density at radius 2 is 1.67 bits per heavy atom. The van der Waals surface area contributed by atoms with Crippen LogP contribution in [0.5, 0.6) is 0 Å². The number of nitrogens with zero attached hydrogens (tertiary/aromatic N) is 1. The van der Waals surface area contributed by atoms with Crippen LogP contribution in [0.25, 0.3) is 5.69 Å². The van der Waals surface area contributed by atoms with E-state index in [2.05, 4.69) is 0 Å². The molecule has 0 aliphatic rings. The van der Waals surface area contributed by atoms with Gasteiger partial charge in [0.2, 0.25) is 5.69 Å². The van der Waals surface area contributed by atoms with E-state index in [4.69, 9.17) is 11.6 Å². The van der Waals surface area contributed by atoms with Gasteiger partial charge in [-0.3, -0.25) is 0 Å². The van der Waals surface area contributed by atoms with Crippen molar-refractivity contribution in [3.63, 3.8) is 0 Å². The van der Waals surface area contributed by atoms with Crippen LogP contribution in [0.3, 0.4) is 0 Å². The summed E-state index contributed by atoms with van der Waals surface area (Å²) in [6.07, 6.45) is -1.14. The Balaban J connectivity index is 2.67. The highest BCUT2D eigenvalue weighted by Gasteiger charge is 2.36. The van der Waals surface area contributed by atoms with Gasteiger partial charge in [-0.15, -0.1) is 0 Å². The summed E-state index contributed by atoms with van der Waals surface area (Å²) in [4.78, 5) is 0. The zero-order valence-electron chi connectivity index (χ0n) is 9.50. The maximum Gasteiger partial charge on any atom is 0.418 e. The van der Waals surface area contributed by atoms with Crippen LogP contribution in [0, 0.1) is 6.92 Å². The molecule has 0 aliphatic heterocycles. The molecule has 0 atom stereocenters. The predicted molar refractivity (Wildman–Crippen MR) is 62.7 cm³/mol. The van der Waals surface area contributed by atoms with Crippen LogP contribution in [0.1, 0.15) is 11.1 Å². The first-order chi connectivity index (χ1) is 8.39. The molecule has 1 aromatic heterocycles. The minimum absolute atomic E-state index is 0.288. The number of hydrogen-bond acceptors (Lipinski definition) is 0. The molecule has 0 fully saturated rings. The van der Waals surface area contributed by atoms with Gasteiger partial charge in [0, 0.05) is 18.2 Å². The SMILES string of the molecule is Cc1cc(-[n+]2ccccc2)c(Cl)c(C(F)(F)F)c1. The summed E-state index contributed by atoms with van der Waals surface area (Å²) in [7, 11) is 0. The van der Waals surface area contributed by atoms with Crippen LogP contribution in [-0.2, 0) is 6.18 Å². The van der Waals surface area contributed by atoms with Crippen LogP contribution < -0.4 is 4.57 Å². The topological polar surface area (TPSA) is 3.88 Å². The summed E-state index contributed by atoms with van der Waals surface area (Å²) >= 11 is 5.86. The van der Waals surface area contributed by atoms with Gasteiger partial charge < -0.3 is 0 Å². The maximum absolute atomic E-state index is 12.8. The van der Waals surface area contributed by atoms with E-state index in [1.165, 1.54) is 0 Å². The van der Waals surface area contributed by atoms with Gasteiger partial charge in [0.25, 0.3) is 0 Å². The number of aromatic nitrogens is 1. The van der Waals surface area contributed by atoms with Gasteiger partial charge in [0.05, 0.1) is 5.56 Å². The monoisotopic (exact) mass is 272 g/mol. The molecule has 0 saturated carbocycles. The standard InChI is InChI=1S/C13H10ClF3N/c1-9-7-10(13(15,16)17)12(14)11(8-9)18-5-3-2-4-6-18/h2-8H,1H3/q+1. The fourth-order valence-corrected chi connectivity index (χ4v) is 2.02. The third kappa shape index (κ3) is 2.48. The van der Waals surface area contributed by atoms with E-state index in [1.54, 1.807) is 48.1 Å². The molecule has 1 nitrogen and oxygen atoms in total. The number of alkyl halides is 3. The zero-order valence-corrected chi connectivity index (χ0v) is 10.3. The molecule has 0 bridgehead atoms. The molecule has 2 aromatic rings. The van der Waals surface area contributed by atoms with E-state index in [-0.39, 0.29) is 5.02 Å². The summed E-state index contributed by atoms with van der Waals surface area (Å²) in [6, 6.07) is 7.91. The second kappa shape index (κ2) is 4.61. The Morgan fingerprint density at radius 3 is 2.22 bits per heavy atom. The lowest BCUT2D eigenvalue weighted by Gasteiger charge is -2.10. The first-order valence-electron chi connectivity index (χ1n) is 5.23. The highest BCUT2D eigenvalue weighted by atomic mass is 35.5. The number of benzene rings is 1. The van der Waals surface area contributed by atoms with E-state index in [0.29, 0.717) is 11.3 Å². The molecule has 18 heavy (non-hydrogen) atoms. The van der Waals surface area contributed by atoms with Gasteiger partial charge in [-0.05, 0) is 18.6 Å². The summed E-state index contributed by atoms with van der Waals surface area (Å²) in [5.41, 5.74) is 0.0261. The molecule has 0 aliphatic carbocycles. The lowest BCUT2D eigenvalue weighted by atomic mass is 10.1. The quantitative estimate of drug-likeness (QED) is 0.692. The van der Waals surface area contributed by atoms with Gasteiger partial charge >= 0.3 is 6.18 Å². The van der Waals surface area contributed by atoms with Crippen molar-refractivity contribution in [3.8, 4) is 5.69 Å². The van der Waals surface area contributed by atoms with Gasteiger partial charge in [-0.25, -0.2) is 0 Å². The lowest BCUT2D eigenvalue weighted by Crippen LogP contribution is -2.30. The number of aryl methyl sites for hydroxylation is 1. The molecule has 0 radical (unpaired) electrons. The van der Waals surface area contributed by atoms with E-state index in [1.807, 2.05) is 0 Å². The Labute approximate surface area is 107 Å². The van der Waals surface area contributed by atoms with E-state index >= 15 is 0 Å². The average Bonchev–Trinajstić information content (AvgIpc) is 2.31. The minimum atomic E-state index is -4.45. The number of pyridine rings is 1. The number of halogens is 4. The molecule has 1 aromatic carbocycles. The fourth-order valence-electron chi connectivity index (χ4n) is 1.70. The zero-order chi connectivity index (χ0) is 13.3. The third-order valence-corrected chi connectivity index (χ3v) is 2.89. The van der Waals surface area contributed by atoms with Gasteiger partial charge in [-0.1, -0.05) is 17.7 Å². The lowest BCUT2D eigenvalue weighted by molar-refractivity contribution is -0.595. The smallest absolute Gasteiger partial charge is 0.166 e. The van der Waals surface area contributed by atoms with Gasteiger partial charge in [-0.2, -0.15) is 17.7 Å². The molecule has 0 spiro atoms. The van der Waals surface area contributed by atoms with Crippen LogP contribution in [0.15, 0.2) is 42.7 Å². The second-order valence-corrected chi connectivity index (χ2v) is 4.30. The molecular weight excluding hydrogens is 263 g/mol. The van der Waals surface area contributed by atoms with Crippen molar-refractivity contribution in [1.29, 1.82) is 0 Å². The van der Waals surface area contributed by atoms with Crippen molar-refractivity contribution in [2.45, 2.75) is 13.1 Å². The Bertz CT molecular complexity index is 564. The molecule has 2 rings (SSSR count). The van der Waals surface area contributed by atoms with Crippen LogP contribution >= 0.6 is 11.6 Å². The van der Waals surface area contributed by atoms with Crippen LogP contribution in [-0.4, -0.2) is 0 Å². The summed E-state index contributed by atoms with van der Waals surface area (Å²) < 4.78 is 40.1. The largest absolute Gasteiger partial charge is 0.418 e. The van der Waals surface area contributed by atoms with E-state index < -0.39 is 11.7 Å². The number of rotatable bonds is 1. The van der Waals surface area contributed by atoms with Crippen molar-refractivity contribution >= 4 is 11.6 Å². The average molecular weight is 273 g/mol. The minimum Gasteiger partial charge on any atom is -0.166 e. The Kier molecular flexibility index (Phi) is 3.30. The Hall–Kier alpha value is -1.55. The molecule has 1 heterocycles. The Morgan fingerprint density at radius 1 is 1.06 bits per heavy atom. The molecule has 0 saturated heterocycles. The molecule has 0 amide bonds. The third-order valence-electron chi connectivity index (χ3n) is 2.50. The normalized spacial score (nSPS) is 11.6. The predicted octanol–water partition coefficient (Wildman–Crippen LogP) is 3.94. The number of hydrogen-bond donors (Lipinski definition) is 0. The summed E-state index contributed by atoms with van der Waals surface area (Å²) in [5, 5.41) is -0.288. The van der Waals surface area contributed by atoms with E-state index in [0.717, 1.165) is 6.07 Å². The highest BCUT2D eigenvalue weighted by molar-refractivity contribution is 6.33. The molecular formula is C13H10ClF3N+. The first kappa shape index (κ1) is 12.9. The van der Waals surface area contributed by atoms with Crippen molar-refractivity contribution in [3.05, 3.63) is 58.9 Å². The van der Waals surface area contributed by atoms with Gasteiger partial charge in [0.1, 0.15) is 5.02 Å². The van der Waals surface area contributed by atoms with Crippen LogP contribution in [0.4, 0.5) is 13.2 Å². The molecule has 94 valence electrons. The van der Waals surface area contributed by atoms with Crippen molar-refractivity contribution in [2.24, 2.45) is 0 Å². The van der Waals surface area contributed by atoms with Crippen molar-refractivity contribution < 1.29 is 17.7 Å². The second-order valence-electron chi connectivity index (χ2n) is 3.93. The molecule has 5 heteroatoms. The summed E-state index contributed by atoms with van der Waals surface area (Å²) in [5.74, 6) is 0. The van der Waals surface area contributed by atoms with Crippen molar-refractivity contribution in [1.82, 2.24) is 0 Å². The fraction of sp³-hybridized carbons (Fsp3) is 0.154. The first-order valence-corrected chi connectivity index (χ1v) is 5.61. The van der Waals surface area contributed by atoms with Crippen molar-refractivity contribution in [2.75, 3.05) is 0 Å². The molecule has 0 unspecified atom stereocenters. The van der Waals surface area contributed by atoms with Crippen LogP contribution in [0.2, 0.25) is 5.02 Å². The van der Waals surface area contributed by atoms with E-state index in [9.17, 15) is 13.2 Å². The summed E-state index contributed by atoms with van der Waals surface area (Å²) in [6.45, 7) is 1.61. The van der Waals surface area contributed by atoms with Gasteiger partial charge in [0.15, 0.2) is 12.4 Å². The highest BCUT2D eigenvalue weighted by Crippen LogP contribution is 2.37. The maximum atomic E-state index is 12.8. The molecule has 0 N–H and O–H groups in total.